The quantitative estimate of drug-likeness (QED) is 0.285. The molecule has 2 heterocycles. The first-order valence-electron chi connectivity index (χ1n) is 11.2. The Kier molecular flexibility index (Phi) is 7.82. The molecule has 2 aromatic carbocycles. The van der Waals surface area contributed by atoms with E-state index >= 15 is 0 Å². The number of nitro groups is 2. The maximum absolute atomic E-state index is 12.9. The van der Waals surface area contributed by atoms with Crippen LogP contribution in [0.3, 0.4) is 0 Å². The molecule has 0 aliphatic carbocycles. The zero-order valence-electron chi connectivity index (χ0n) is 20.3. The lowest BCUT2D eigenvalue weighted by molar-refractivity contribution is -0.392. The van der Waals surface area contributed by atoms with Crippen molar-refractivity contribution in [2.75, 3.05) is 48.4 Å². The van der Waals surface area contributed by atoms with Gasteiger partial charge in [0.15, 0.2) is 11.5 Å². The van der Waals surface area contributed by atoms with Gasteiger partial charge in [0.25, 0.3) is 27.3 Å². The van der Waals surface area contributed by atoms with Crippen LogP contribution in [0.4, 0.5) is 28.6 Å². The van der Waals surface area contributed by atoms with Crippen LogP contribution < -0.4 is 19.7 Å². The molecule has 1 saturated heterocycles. The average Bonchev–Trinajstić information content (AvgIpc) is 2.93. The fourth-order valence-corrected chi connectivity index (χ4v) is 4.72. The molecule has 1 aliphatic heterocycles. The standard InChI is InChI=1S/C22H21N7O9S/c1-37-20-7-6-19(24-25-20)26-39(35,36)16-4-2-15(3-5-16)23-22(30)14-12-17(28(31)32)21(18(13-14)29(33)34)27-8-10-38-11-9-27/h2-7,12-13H,8-11H2,1H3,(H,23,30)(H,24,26). The van der Waals surface area contributed by atoms with E-state index in [1.807, 2.05) is 0 Å². The van der Waals surface area contributed by atoms with Gasteiger partial charge >= 0.3 is 0 Å². The number of morpholine rings is 1. The van der Waals surface area contributed by atoms with Gasteiger partial charge < -0.3 is 19.7 Å². The largest absolute Gasteiger partial charge is 0.480 e. The number of carbonyl (C=O) groups is 1. The van der Waals surface area contributed by atoms with Crippen molar-refractivity contribution >= 4 is 44.5 Å². The molecule has 0 saturated carbocycles. The van der Waals surface area contributed by atoms with E-state index in [0.717, 1.165) is 12.1 Å². The van der Waals surface area contributed by atoms with E-state index in [2.05, 4.69) is 20.2 Å². The molecule has 0 spiro atoms. The van der Waals surface area contributed by atoms with Gasteiger partial charge in [-0.25, -0.2) is 8.42 Å². The van der Waals surface area contributed by atoms with Crippen LogP contribution >= 0.6 is 0 Å². The summed E-state index contributed by atoms with van der Waals surface area (Å²) in [6, 6.07) is 9.71. The van der Waals surface area contributed by atoms with E-state index in [0.29, 0.717) is 0 Å². The lowest BCUT2D eigenvalue weighted by atomic mass is 10.1. The second-order valence-corrected chi connectivity index (χ2v) is 9.70. The summed E-state index contributed by atoms with van der Waals surface area (Å²) >= 11 is 0. The highest BCUT2D eigenvalue weighted by Gasteiger charge is 2.33. The minimum Gasteiger partial charge on any atom is -0.480 e. The highest BCUT2D eigenvalue weighted by molar-refractivity contribution is 7.92. The monoisotopic (exact) mass is 559 g/mol. The van der Waals surface area contributed by atoms with Gasteiger partial charge in [-0.05, 0) is 30.3 Å². The SMILES string of the molecule is COc1ccc(NS(=O)(=O)c2ccc(NC(=O)c3cc([N+](=O)[O-])c(N4CCOCC4)c([N+](=O)[O-])c3)cc2)nn1. The van der Waals surface area contributed by atoms with Crippen LogP contribution in [-0.4, -0.2) is 67.8 Å². The van der Waals surface area contributed by atoms with Crippen molar-refractivity contribution in [3.05, 3.63) is 74.3 Å². The molecule has 1 aromatic heterocycles. The second kappa shape index (κ2) is 11.2. The third-order valence-electron chi connectivity index (χ3n) is 5.56. The number of aromatic nitrogens is 2. The number of hydrogen-bond donors (Lipinski definition) is 2. The first-order valence-corrected chi connectivity index (χ1v) is 12.7. The normalized spacial score (nSPS) is 13.4. The van der Waals surface area contributed by atoms with Gasteiger partial charge in [0.05, 0.1) is 40.6 Å². The van der Waals surface area contributed by atoms with Gasteiger partial charge in [0.1, 0.15) is 0 Å². The molecule has 204 valence electrons. The zero-order valence-corrected chi connectivity index (χ0v) is 21.1. The summed E-state index contributed by atoms with van der Waals surface area (Å²) in [5.74, 6) is -0.710. The number of ether oxygens (including phenoxy) is 2. The molecule has 39 heavy (non-hydrogen) atoms. The minimum atomic E-state index is -4.05. The van der Waals surface area contributed by atoms with E-state index in [4.69, 9.17) is 9.47 Å². The van der Waals surface area contributed by atoms with Crippen molar-refractivity contribution in [1.29, 1.82) is 0 Å². The fraction of sp³-hybridized carbons (Fsp3) is 0.227. The van der Waals surface area contributed by atoms with Gasteiger partial charge in [-0.1, -0.05) is 0 Å². The van der Waals surface area contributed by atoms with E-state index in [-0.39, 0.29) is 59.8 Å². The Morgan fingerprint density at radius 1 is 1.00 bits per heavy atom. The molecule has 2 N–H and O–H groups in total. The summed E-state index contributed by atoms with van der Waals surface area (Å²) in [5, 5.41) is 33.4. The number of carbonyl (C=O) groups excluding carboxylic acids is 1. The third kappa shape index (κ3) is 6.16. The number of benzene rings is 2. The summed E-state index contributed by atoms with van der Waals surface area (Å²) in [7, 11) is -2.66. The molecule has 3 aromatic rings. The second-order valence-electron chi connectivity index (χ2n) is 8.02. The topological polar surface area (TPSA) is 209 Å². The molecule has 0 atom stereocenters. The van der Waals surface area contributed by atoms with Gasteiger partial charge in [0, 0.05) is 37.0 Å². The van der Waals surface area contributed by atoms with Crippen LogP contribution in [0.25, 0.3) is 0 Å². The number of sulfonamides is 1. The number of hydrogen-bond acceptors (Lipinski definition) is 12. The molecule has 0 radical (unpaired) electrons. The molecule has 4 rings (SSSR count). The van der Waals surface area contributed by atoms with Gasteiger partial charge in [-0.3, -0.25) is 29.7 Å². The van der Waals surface area contributed by atoms with Crippen molar-refractivity contribution < 1.29 is 32.5 Å². The summed E-state index contributed by atoms with van der Waals surface area (Å²) < 4.78 is 37.6. The van der Waals surface area contributed by atoms with E-state index < -0.39 is 37.2 Å². The van der Waals surface area contributed by atoms with Gasteiger partial charge in [-0.15, -0.1) is 10.2 Å². The van der Waals surface area contributed by atoms with Crippen molar-refractivity contribution in [3.63, 3.8) is 0 Å². The Morgan fingerprint density at radius 2 is 1.62 bits per heavy atom. The van der Waals surface area contributed by atoms with Crippen LogP contribution in [-0.2, 0) is 14.8 Å². The zero-order chi connectivity index (χ0) is 28.2. The van der Waals surface area contributed by atoms with Gasteiger partial charge in [0.2, 0.25) is 5.88 Å². The molecule has 17 heteroatoms. The Labute approximate surface area is 220 Å². The first kappa shape index (κ1) is 27.1. The summed E-state index contributed by atoms with van der Waals surface area (Å²) in [6.45, 7) is 0.904. The molecule has 1 aliphatic rings. The third-order valence-corrected chi connectivity index (χ3v) is 6.93. The Balaban J connectivity index is 1.55. The van der Waals surface area contributed by atoms with Crippen LogP contribution in [0.5, 0.6) is 5.88 Å². The first-order chi connectivity index (χ1) is 18.6. The average molecular weight is 560 g/mol. The summed E-state index contributed by atoms with van der Waals surface area (Å²) in [4.78, 5) is 36.2. The number of nitrogens with zero attached hydrogens (tertiary/aromatic N) is 5. The van der Waals surface area contributed by atoms with E-state index in [9.17, 15) is 33.4 Å². The molecule has 0 bridgehead atoms. The summed E-state index contributed by atoms with van der Waals surface area (Å²) in [5.41, 5.74) is -1.56. The van der Waals surface area contributed by atoms with E-state index in [1.165, 1.54) is 48.4 Å². The number of rotatable bonds is 9. The number of methoxy groups -OCH3 is 1. The Bertz CT molecular complexity index is 1470. The number of amides is 1. The van der Waals surface area contributed by atoms with Crippen LogP contribution in [0.2, 0.25) is 0 Å². The lowest BCUT2D eigenvalue weighted by Crippen LogP contribution is -2.37. The smallest absolute Gasteiger partial charge is 0.300 e. The predicted molar refractivity (Wildman–Crippen MR) is 137 cm³/mol. The number of nitro benzene ring substituents is 2. The van der Waals surface area contributed by atoms with E-state index in [1.54, 1.807) is 0 Å². The van der Waals surface area contributed by atoms with Crippen molar-refractivity contribution in [2.45, 2.75) is 4.90 Å². The molecular weight excluding hydrogens is 538 g/mol. The maximum Gasteiger partial charge on any atom is 0.300 e. The summed E-state index contributed by atoms with van der Waals surface area (Å²) in [6.07, 6.45) is 0. The van der Waals surface area contributed by atoms with Crippen molar-refractivity contribution in [2.24, 2.45) is 0 Å². The number of anilines is 3. The van der Waals surface area contributed by atoms with Crippen LogP contribution in [0.1, 0.15) is 10.4 Å². The highest BCUT2D eigenvalue weighted by Crippen LogP contribution is 2.39. The molecule has 1 fully saturated rings. The molecule has 16 nitrogen and oxygen atoms in total. The Hall–Kier alpha value is -4.90. The van der Waals surface area contributed by atoms with Crippen molar-refractivity contribution in [1.82, 2.24) is 10.2 Å². The molecular formula is C22H21N7O9S. The van der Waals surface area contributed by atoms with Crippen LogP contribution in [0.15, 0.2) is 53.4 Å². The minimum absolute atomic E-state index is 0.0445. The van der Waals surface area contributed by atoms with Crippen LogP contribution in [0, 0.1) is 20.2 Å². The fourth-order valence-electron chi connectivity index (χ4n) is 3.73. The molecule has 1 amide bonds. The maximum atomic E-state index is 12.9. The Morgan fingerprint density at radius 3 is 2.13 bits per heavy atom. The predicted octanol–water partition coefficient (Wildman–Crippen LogP) is 2.19. The van der Waals surface area contributed by atoms with Crippen molar-refractivity contribution in [3.8, 4) is 5.88 Å². The lowest BCUT2D eigenvalue weighted by Gasteiger charge is -2.28. The molecule has 0 unspecified atom stereocenters. The highest BCUT2D eigenvalue weighted by atomic mass is 32.2. The number of nitrogens with one attached hydrogen (secondary N) is 2. The van der Waals surface area contributed by atoms with Gasteiger partial charge in [-0.2, -0.15) is 0 Å².